The number of Topliss-reactive ketones (excluding diaryl/α,β-unsaturated/α-hetero) is 1. The molecule has 0 saturated carbocycles. The lowest BCUT2D eigenvalue weighted by Crippen LogP contribution is -2.16. The Balaban J connectivity index is 1.71. The molecule has 1 aromatic heterocycles. The van der Waals surface area contributed by atoms with Gasteiger partial charge in [-0.2, -0.15) is 0 Å². The van der Waals surface area contributed by atoms with E-state index in [0.717, 1.165) is 36.0 Å². The van der Waals surface area contributed by atoms with E-state index in [0.29, 0.717) is 29.2 Å². The van der Waals surface area contributed by atoms with Gasteiger partial charge >= 0.3 is 5.97 Å². The number of esters is 1. The molecular formula is C20H24N4O3S. The lowest BCUT2D eigenvalue weighted by atomic mass is 9.98. The second kappa shape index (κ2) is 9.14. The number of benzene rings is 1. The van der Waals surface area contributed by atoms with E-state index in [-0.39, 0.29) is 12.2 Å². The number of ether oxygens (including phenoxy) is 1. The molecule has 3 rings (SSSR count). The van der Waals surface area contributed by atoms with E-state index in [1.807, 2.05) is 11.6 Å². The van der Waals surface area contributed by atoms with Gasteiger partial charge in [0.2, 0.25) is 0 Å². The number of fused-ring (bicyclic) bond motifs is 1. The van der Waals surface area contributed by atoms with Crippen molar-refractivity contribution in [3.05, 3.63) is 35.2 Å². The van der Waals surface area contributed by atoms with Crippen molar-refractivity contribution < 1.29 is 14.3 Å². The van der Waals surface area contributed by atoms with E-state index in [1.165, 1.54) is 11.8 Å². The number of aryl methyl sites for hydroxylation is 1. The molecule has 1 aliphatic heterocycles. The highest BCUT2D eigenvalue weighted by Gasteiger charge is 2.22. The third-order valence-corrected chi connectivity index (χ3v) is 5.59. The standard InChI is InChI=1S/C20H24N4O3S/c1-4-6-7-18-22-23-20(24(18)3)28-12-14-11-17(25)15-10-13(19(26)27-5-2)8-9-16(15)21-14/h8-10H,4-7,11-12H2,1-3H3. The van der Waals surface area contributed by atoms with E-state index in [2.05, 4.69) is 22.1 Å². The van der Waals surface area contributed by atoms with Crippen LogP contribution in [0.4, 0.5) is 5.69 Å². The molecule has 0 bridgehead atoms. The average Bonchev–Trinajstić information content (AvgIpc) is 3.04. The fraction of sp³-hybridized carbons (Fsp3) is 0.450. The molecule has 1 aliphatic rings. The largest absolute Gasteiger partial charge is 0.462 e. The molecule has 0 aliphatic carbocycles. The highest BCUT2D eigenvalue weighted by atomic mass is 32.2. The zero-order valence-electron chi connectivity index (χ0n) is 16.4. The van der Waals surface area contributed by atoms with Gasteiger partial charge < -0.3 is 9.30 Å². The predicted octanol–water partition coefficient (Wildman–Crippen LogP) is 3.79. The quantitative estimate of drug-likeness (QED) is 0.495. The second-order valence-corrected chi connectivity index (χ2v) is 7.52. The van der Waals surface area contributed by atoms with Crippen LogP contribution in [0.5, 0.6) is 0 Å². The van der Waals surface area contributed by atoms with Crippen molar-refractivity contribution in [1.82, 2.24) is 14.8 Å². The Kier molecular flexibility index (Phi) is 6.61. The number of ketones is 1. The molecule has 0 unspecified atom stereocenters. The van der Waals surface area contributed by atoms with E-state index in [9.17, 15) is 9.59 Å². The topological polar surface area (TPSA) is 86.4 Å². The van der Waals surface area contributed by atoms with Crippen LogP contribution in [-0.2, 0) is 18.2 Å². The molecule has 2 heterocycles. The molecule has 8 heteroatoms. The van der Waals surface area contributed by atoms with Crippen LogP contribution >= 0.6 is 11.8 Å². The van der Waals surface area contributed by atoms with Crippen LogP contribution in [0.1, 0.15) is 59.7 Å². The second-order valence-electron chi connectivity index (χ2n) is 6.58. The van der Waals surface area contributed by atoms with Crippen molar-refractivity contribution in [2.75, 3.05) is 12.4 Å². The molecule has 28 heavy (non-hydrogen) atoms. The lowest BCUT2D eigenvalue weighted by molar-refractivity contribution is 0.0526. The highest BCUT2D eigenvalue weighted by molar-refractivity contribution is 7.99. The summed E-state index contributed by atoms with van der Waals surface area (Å²) in [5.74, 6) is 1.09. The highest BCUT2D eigenvalue weighted by Crippen LogP contribution is 2.29. The zero-order chi connectivity index (χ0) is 20.1. The minimum atomic E-state index is -0.426. The summed E-state index contributed by atoms with van der Waals surface area (Å²) in [7, 11) is 1.97. The van der Waals surface area contributed by atoms with Crippen molar-refractivity contribution in [3.8, 4) is 0 Å². The Morgan fingerprint density at radius 1 is 1.29 bits per heavy atom. The number of hydrogen-bond acceptors (Lipinski definition) is 7. The minimum absolute atomic E-state index is 0.0339. The minimum Gasteiger partial charge on any atom is -0.462 e. The number of unbranched alkanes of at least 4 members (excludes halogenated alkanes) is 1. The number of carbonyl (C=O) groups is 2. The van der Waals surface area contributed by atoms with Gasteiger partial charge in [0.1, 0.15) is 5.82 Å². The van der Waals surface area contributed by atoms with Crippen molar-refractivity contribution in [1.29, 1.82) is 0 Å². The molecule has 1 aromatic carbocycles. The number of nitrogens with zero attached hydrogens (tertiary/aromatic N) is 4. The van der Waals surface area contributed by atoms with E-state index in [1.54, 1.807) is 25.1 Å². The summed E-state index contributed by atoms with van der Waals surface area (Å²) in [4.78, 5) is 29.0. The van der Waals surface area contributed by atoms with Crippen LogP contribution in [0, 0.1) is 0 Å². The lowest BCUT2D eigenvalue weighted by Gasteiger charge is -2.15. The summed E-state index contributed by atoms with van der Waals surface area (Å²) in [6, 6.07) is 4.92. The molecule has 2 aromatic rings. The third-order valence-electron chi connectivity index (χ3n) is 4.50. The van der Waals surface area contributed by atoms with Crippen LogP contribution < -0.4 is 0 Å². The number of thioether (sulfide) groups is 1. The average molecular weight is 401 g/mol. The Morgan fingerprint density at radius 3 is 2.86 bits per heavy atom. The van der Waals surface area contributed by atoms with E-state index >= 15 is 0 Å². The van der Waals surface area contributed by atoms with Gasteiger partial charge in [-0.15, -0.1) is 10.2 Å². The van der Waals surface area contributed by atoms with E-state index < -0.39 is 5.97 Å². The van der Waals surface area contributed by atoms with Crippen molar-refractivity contribution in [2.45, 2.75) is 44.7 Å². The third kappa shape index (κ3) is 4.49. The number of aliphatic imine (C=N–C) groups is 1. The fourth-order valence-corrected chi connectivity index (χ4v) is 3.80. The first-order chi connectivity index (χ1) is 13.5. The van der Waals surface area contributed by atoms with Crippen molar-refractivity contribution in [3.63, 3.8) is 0 Å². The molecule has 0 radical (unpaired) electrons. The van der Waals surface area contributed by atoms with Gasteiger partial charge in [0.15, 0.2) is 10.9 Å². The number of carbonyl (C=O) groups excluding carboxylic acids is 2. The van der Waals surface area contributed by atoms with Gasteiger partial charge in [-0.3, -0.25) is 9.79 Å². The van der Waals surface area contributed by atoms with Crippen LogP contribution in [0.3, 0.4) is 0 Å². The van der Waals surface area contributed by atoms with Crippen molar-refractivity contribution in [2.24, 2.45) is 12.0 Å². The molecule has 148 valence electrons. The van der Waals surface area contributed by atoms with Gasteiger partial charge in [-0.05, 0) is 31.5 Å². The SMILES string of the molecule is CCCCc1nnc(SCC2=Nc3ccc(C(=O)OCC)cc3C(=O)C2)n1C. The molecular weight excluding hydrogens is 376 g/mol. The number of aromatic nitrogens is 3. The fourth-order valence-electron chi connectivity index (χ4n) is 2.94. The Labute approximate surface area is 168 Å². The Morgan fingerprint density at radius 2 is 2.11 bits per heavy atom. The molecule has 0 N–H and O–H groups in total. The summed E-state index contributed by atoms with van der Waals surface area (Å²) in [5.41, 5.74) is 2.24. The number of hydrogen-bond donors (Lipinski definition) is 0. The molecule has 0 fully saturated rings. The van der Waals surface area contributed by atoms with Gasteiger partial charge in [0.25, 0.3) is 0 Å². The maximum atomic E-state index is 12.6. The Hall–Kier alpha value is -2.48. The monoisotopic (exact) mass is 400 g/mol. The van der Waals surface area contributed by atoms with Gasteiger partial charge in [-0.25, -0.2) is 4.79 Å². The van der Waals surface area contributed by atoms with Crippen LogP contribution in [0.2, 0.25) is 0 Å². The maximum absolute atomic E-state index is 12.6. The predicted molar refractivity (Wildman–Crippen MR) is 109 cm³/mol. The number of rotatable bonds is 8. The summed E-state index contributed by atoms with van der Waals surface area (Å²) < 4.78 is 7.00. The first kappa shape index (κ1) is 20.3. The van der Waals surface area contributed by atoms with Gasteiger partial charge in [0, 0.05) is 30.5 Å². The molecule has 0 amide bonds. The van der Waals surface area contributed by atoms with E-state index in [4.69, 9.17) is 4.74 Å². The van der Waals surface area contributed by atoms with Gasteiger partial charge in [0.05, 0.1) is 24.3 Å². The Bertz CT molecular complexity index is 920. The summed E-state index contributed by atoms with van der Waals surface area (Å²) >= 11 is 1.53. The molecule has 0 saturated heterocycles. The zero-order valence-corrected chi connectivity index (χ0v) is 17.2. The first-order valence-electron chi connectivity index (χ1n) is 9.45. The maximum Gasteiger partial charge on any atom is 0.338 e. The summed E-state index contributed by atoms with van der Waals surface area (Å²) in [5, 5.41) is 9.32. The summed E-state index contributed by atoms with van der Waals surface area (Å²) in [6.07, 6.45) is 3.36. The molecule has 0 spiro atoms. The smallest absolute Gasteiger partial charge is 0.338 e. The van der Waals surface area contributed by atoms with Gasteiger partial charge in [-0.1, -0.05) is 25.1 Å². The first-order valence-corrected chi connectivity index (χ1v) is 10.4. The molecule has 7 nitrogen and oxygen atoms in total. The van der Waals surface area contributed by atoms with Crippen molar-refractivity contribution >= 4 is 34.9 Å². The molecule has 0 atom stereocenters. The van der Waals surface area contributed by atoms with Crippen LogP contribution in [0.25, 0.3) is 0 Å². The van der Waals surface area contributed by atoms with Crippen LogP contribution in [0.15, 0.2) is 28.3 Å². The summed E-state index contributed by atoms with van der Waals surface area (Å²) in [6.45, 7) is 4.20. The normalized spacial score (nSPS) is 13.2. The van der Waals surface area contributed by atoms with Crippen LogP contribution in [-0.4, -0.2) is 44.6 Å².